The first-order chi connectivity index (χ1) is 10.7. The lowest BCUT2D eigenvalue weighted by Gasteiger charge is -2.44. The van der Waals surface area contributed by atoms with Crippen molar-refractivity contribution in [3.8, 4) is 0 Å². The molecule has 0 spiro atoms. The molecule has 3 aliphatic rings. The number of rotatable bonds is 1. The van der Waals surface area contributed by atoms with Gasteiger partial charge in [-0.15, -0.1) is 0 Å². The first-order valence-corrected chi connectivity index (χ1v) is 8.68. The van der Waals surface area contributed by atoms with E-state index in [0.29, 0.717) is 0 Å². The van der Waals surface area contributed by atoms with Gasteiger partial charge in [0, 0.05) is 11.8 Å². The topological polar surface area (TPSA) is 69.7 Å². The van der Waals surface area contributed by atoms with Gasteiger partial charge in [-0.25, -0.2) is 0 Å². The van der Waals surface area contributed by atoms with Crippen LogP contribution in [0.25, 0.3) is 0 Å². The van der Waals surface area contributed by atoms with Gasteiger partial charge in [-0.3, -0.25) is 14.4 Å². The van der Waals surface area contributed by atoms with Crippen LogP contribution in [-0.4, -0.2) is 29.4 Å². The van der Waals surface area contributed by atoms with Crippen LogP contribution in [0.2, 0.25) is 0 Å². The minimum Gasteiger partial charge on any atom is -0.462 e. The van der Waals surface area contributed by atoms with Crippen LogP contribution in [0.15, 0.2) is 0 Å². The number of esters is 2. The zero-order valence-corrected chi connectivity index (χ0v) is 14.3. The molecule has 5 nitrogen and oxygen atoms in total. The van der Waals surface area contributed by atoms with Crippen LogP contribution in [0.4, 0.5) is 0 Å². The van der Waals surface area contributed by atoms with Crippen LogP contribution >= 0.6 is 0 Å². The molecule has 0 aromatic carbocycles. The minimum atomic E-state index is -0.776. The molecule has 0 unspecified atom stereocenters. The Morgan fingerprint density at radius 2 is 1.83 bits per heavy atom. The fourth-order valence-electron chi connectivity index (χ4n) is 4.73. The summed E-state index contributed by atoms with van der Waals surface area (Å²) >= 11 is 0. The lowest BCUT2D eigenvalue weighted by molar-refractivity contribution is -0.172. The van der Waals surface area contributed by atoms with Gasteiger partial charge in [0.15, 0.2) is 5.78 Å². The third-order valence-electron chi connectivity index (χ3n) is 5.53. The summed E-state index contributed by atoms with van der Waals surface area (Å²) in [6, 6.07) is 0. The third kappa shape index (κ3) is 2.79. The predicted octanol–water partition coefficient (Wildman–Crippen LogP) is 2.51. The van der Waals surface area contributed by atoms with Gasteiger partial charge < -0.3 is 9.47 Å². The summed E-state index contributed by atoms with van der Waals surface area (Å²) in [4.78, 5) is 37.8. The summed E-state index contributed by atoms with van der Waals surface area (Å²) in [5, 5.41) is 0. The molecule has 0 radical (unpaired) electrons. The highest BCUT2D eigenvalue weighted by Crippen LogP contribution is 2.51. The van der Waals surface area contributed by atoms with Crippen LogP contribution in [0.3, 0.4) is 0 Å². The zero-order valence-electron chi connectivity index (χ0n) is 14.3. The van der Waals surface area contributed by atoms with E-state index in [9.17, 15) is 14.4 Å². The van der Waals surface area contributed by atoms with E-state index in [2.05, 4.69) is 0 Å². The number of hydrogen-bond donors (Lipinski definition) is 0. The molecule has 0 aromatic rings. The van der Waals surface area contributed by atoms with Gasteiger partial charge in [-0.05, 0) is 46.5 Å². The highest BCUT2D eigenvalue weighted by atomic mass is 16.6. The Labute approximate surface area is 137 Å². The van der Waals surface area contributed by atoms with Crippen molar-refractivity contribution in [3.05, 3.63) is 0 Å². The second-order valence-corrected chi connectivity index (χ2v) is 8.21. The Kier molecular flexibility index (Phi) is 4.01. The first-order valence-electron chi connectivity index (χ1n) is 8.68. The van der Waals surface area contributed by atoms with E-state index >= 15 is 0 Å². The van der Waals surface area contributed by atoms with Crippen molar-refractivity contribution < 1.29 is 23.9 Å². The molecule has 2 saturated carbocycles. The smallest absolute Gasteiger partial charge is 0.317 e. The average Bonchev–Trinajstić information content (AvgIpc) is 2.73. The van der Waals surface area contributed by atoms with Crippen LogP contribution in [0, 0.1) is 29.6 Å². The van der Waals surface area contributed by atoms with Gasteiger partial charge in [-0.2, -0.15) is 0 Å². The van der Waals surface area contributed by atoms with Crippen LogP contribution < -0.4 is 0 Å². The maximum Gasteiger partial charge on any atom is 0.317 e. The van der Waals surface area contributed by atoms with Gasteiger partial charge >= 0.3 is 11.9 Å². The maximum absolute atomic E-state index is 12.9. The van der Waals surface area contributed by atoms with Crippen LogP contribution in [-0.2, 0) is 23.9 Å². The van der Waals surface area contributed by atoms with Crippen molar-refractivity contribution in [3.63, 3.8) is 0 Å². The Hall–Kier alpha value is -1.39. The van der Waals surface area contributed by atoms with E-state index in [1.165, 1.54) is 0 Å². The lowest BCUT2D eigenvalue weighted by Crippen LogP contribution is -2.53. The molecule has 3 rings (SSSR count). The monoisotopic (exact) mass is 322 g/mol. The van der Waals surface area contributed by atoms with Crippen molar-refractivity contribution in [2.24, 2.45) is 29.6 Å². The number of Topliss-reactive ketones (excluding diaryl/α,β-unsaturated/α-hetero) is 1. The largest absolute Gasteiger partial charge is 0.462 e. The first kappa shape index (κ1) is 16.5. The molecule has 6 atom stereocenters. The molecule has 128 valence electrons. The van der Waals surface area contributed by atoms with Crippen molar-refractivity contribution in [1.29, 1.82) is 0 Å². The molecule has 1 aliphatic heterocycles. The number of ether oxygens (including phenoxy) is 2. The van der Waals surface area contributed by atoms with E-state index in [0.717, 1.165) is 25.7 Å². The zero-order chi connectivity index (χ0) is 16.9. The summed E-state index contributed by atoms with van der Waals surface area (Å²) < 4.78 is 11.0. The summed E-state index contributed by atoms with van der Waals surface area (Å²) in [6.07, 6.45) is 3.22. The van der Waals surface area contributed by atoms with E-state index in [1.54, 1.807) is 6.92 Å². The number of ketones is 1. The lowest BCUT2D eigenvalue weighted by atomic mass is 9.57. The SMILES string of the molecule is C[C@H]1OC(=O)[C@@H]2C(=O)[C@@H]3CCCC[C@H]3[C@@H](C(=O)OC(C)(C)C)[C@@H]21. The molecule has 23 heavy (non-hydrogen) atoms. The summed E-state index contributed by atoms with van der Waals surface area (Å²) in [7, 11) is 0. The minimum absolute atomic E-state index is 0.00569. The Balaban J connectivity index is 1.97. The van der Waals surface area contributed by atoms with Gasteiger partial charge in [0.25, 0.3) is 0 Å². The summed E-state index contributed by atoms with van der Waals surface area (Å²) in [5.41, 5.74) is -0.578. The average molecular weight is 322 g/mol. The van der Waals surface area contributed by atoms with Crippen molar-refractivity contribution >= 4 is 17.7 Å². The molecule has 1 saturated heterocycles. The molecule has 0 bridgehead atoms. The molecular weight excluding hydrogens is 296 g/mol. The van der Waals surface area contributed by atoms with E-state index in [-0.39, 0.29) is 29.5 Å². The molecule has 1 heterocycles. The summed E-state index contributed by atoms with van der Waals surface area (Å²) in [6.45, 7) is 7.31. The van der Waals surface area contributed by atoms with Gasteiger partial charge in [-0.1, -0.05) is 12.8 Å². The number of fused-ring (bicyclic) bond motifs is 2. The molecule has 5 heteroatoms. The predicted molar refractivity (Wildman–Crippen MR) is 82.3 cm³/mol. The van der Waals surface area contributed by atoms with E-state index < -0.39 is 29.5 Å². The standard InChI is InChI=1S/C18H26O5/c1-9-12-13(17(21)23-18(2,3)4)10-7-5-6-8-11(10)15(19)14(12)16(20)22-9/h9-14H,5-8H2,1-4H3/t9-,10-,11-,12+,13-,14+/m1/s1. The van der Waals surface area contributed by atoms with Crippen molar-refractivity contribution in [1.82, 2.24) is 0 Å². The quantitative estimate of drug-likeness (QED) is 0.548. The number of carbonyl (C=O) groups excluding carboxylic acids is 3. The van der Waals surface area contributed by atoms with E-state index in [4.69, 9.17) is 9.47 Å². The van der Waals surface area contributed by atoms with Gasteiger partial charge in [0.05, 0.1) is 5.92 Å². The number of hydrogen-bond acceptors (Lipinski definition) is 5. The second kappa shape index (κ2) is 5.60. The molecule has 0 amide bonds. The van der Waals surface area contributed by atoms with Crippen molar-refractivity contribution in [2.75, 3.05) is 0 Å². The Bertz CT molecular complexity index is 532. The molecule has 0 aromatic heterocycles. The highest BCUT2D eigenvalue weighted by molar-refractivity contribution is 6.03. The van der Waals surface area contributed by atoms with Crippen molar-refractivity contribution in [2.45, 2.75) is 65.1 Å². The summed E-state index contributed by atoms with van der Waals surface area (Å²) in [5.74, 6) is -2.50. The van der Waals surface area contributed by atoms with Crippen LogP contribution in [0.5, 0.6) is 0 Å². The molecule has 3 fully saturated rings. The maximum atomic E-state index is 12.9. The fraction of sp³-hybridized carbons (Fsp3) is 0.833. The Morgan fingerprint density at radius 3 is 2.48 bits per heavy atom. The molecule has 0 N–H and O–H groups in total. The molecular formula is C18H26O5. The van der Waals surface area contributed by atoms with Crippen LogP contribution in [0.1, 0.15) is 53.4 Å². The van der Waals surface area contributed by atoms with Gasteiger partial charge in [0.1, 0.15) is 17.6 Å². The normalized spacial score (nSPS) is 40.2. The van der Waals surface area contributed by atoms with E-state index in [1.807, 2.05) is 20.8 Å². The third-order valence-corrected chi connectivity index (χ3v) is 5.53. The van der Waals surface area contributed by atoms with Gasteiger partial charge in [0.2, 0.25) is 0 Å². The highest BCUT2D eigenvalue weighted by Gasteiger charge is 2.61. The fourth-order valence-corrected chi connectivity index (χ4v) is 4.73. The number of cyclic esters (lactones) is 1. The molecule has 2 aliphatic carbocycles. The Morgan fingerprint density at radius 1 is 1.17 bits per heavy atom. The number of carbonyl (C=O) groups is 3. The second-order valence-electron chi connectivity index (χ2n) is 8.21.